The van der Waals surface area contributed by atoms with Gasteiger partial charge < -0.3 is 14.2 Å². The van der Waals surface area contributed by atoms with Gasteiger partial charge in [0.2, 0.25) is 5.75 Å². The van der Waals surface area contributed by atoms with E-state index in [4.69, 9.17) is 14.2 Å². The zero-order chi connectivity index (χ0) is 17.5. The van der Waals surface area contributed by atoms with E-state index in [-0.39, 0.29) is 5.75 Å². The van der Waals surface area contributed by atoms with Gasteiger partial charge in [-0.3, -0.25) is 5.32 Å². The molecule has 128 valence electrons. The zero-order valence-electron chi connectivity index (χ0n) is 14.5. The Morgan fingerprint density at radius 1 is 0.917 bits per heavy atom. The predicted octanol–water partition coefficient (Wildman–Crippen LogP) is 4.44. The maximum Gasteiger partial charge on any atom is 0.417 e. The number of ether oxygens (including phenoxy) is 3. The second-order valence-electron chi connectivity index (χ2n) is 5.16. The Kier molecular flexibility index (Phi) is 6.07. The molecular weight excluding hydrogens is 306 g/mol. The normalized spacial score (nSPS) is 10.2. The van der Waals surface area contributed by atoms with Gasteiger partial charge in [0.1, 0.15) is 0 Å². The summed E-state index contributed by atoms with van der Waals surface area (Å²) in [5.74, 6) is 1.13. The highest BCUT2D eigenvalue weighted by Crippen LogP contribution is 2.37. The van der Waals surface area contributed by atoms with Crippen LogP contribution in [0.25, 0.3) is 0 Å². The third-order valence-corrected chi connectivity index (χ3v) is 3.80. The van der Waals surface area contributed by atoms with Crippen LogP contribution in [0.3, 0.4) is 0 Å². The lowest BCUT2D eigenvalue weighted by Gasteiger charge is -2.16. The molecule has 0 bridgehead atoms. The maximum atomic E-state index is 12.4. The van der Waals surface area contributed by atoms with Gasteiger partial charge in [0.15, 0.2) is 11.5 Å². The number of hydrogen-bond acceptors (Lipinski definition) is 4. The van der Waals surface area contributed by atoms with Gasteiger partial charge in [0.05, 0.1) is 19.9 Å². The summed E-state index contributed by atoms with van der Waals surface area (Å²) in [4.78, 5) is 12.4. The third-order valence-electron chi connectivity index (χ3n) is 3.80. The number of carbonyl (C=O) groups excluding carboxylic acids is 1. The SMILES string of the molecule is CCc1cccc(CC)c1NC(=O)Oc1c(OC)cccc1OC. The molecule has 5 nitrogen and oxygen atoms in total. The summed E-state index contributed by atoms with van der Waals surface area (Å²) in [5.41, 5.74) is 2.94. The summed E-state index contributed by atoms with van der Waals surface area (Å²) in [6.07, 6.45) is 1.07. The van der Waals surface area contributed by atoms with Crippen molar-refractivity contribution >= 4 is 11.8 Å². The van der Waals surface area contributed by atoms with Gasteiger partial charge >= 0.3 is 6.09 Å². The van der Waals surface area contributed by atoms with Crippen molar-refractivity contribution in [1.82, 2.24) is 0 Å². The molecule has 1 amide bonds. The molecule has 0 spiro atoms. The van der Waals surface area contributed by atoms with E-state index in [1.54, 1.807) is 18.2 Å². The number of para-hydroxylation sites is 2. The Bertz CT molecular complexity index is 609. The Morgan fingerprint density at radius 3 is 1.88 bits per heavy atom. The van der Waals surface area contributed by atoms with E-state index in [0.717, 1.165) is 29.7 Å². The number of methoxy groups -OCH3 is 2. The van der Waals surface area contributed by atoms with Crippen LogP contribution < -0.4 is 19.5 Å². The topological polar surface area (TPSA) is 56.8 Å². The van der Waals surface area contributed by atoms with E-state index >= 15 is 0 Å². The van der Waals surface area contributed by atoms with Crippen LogP contribution in [0.2, 0.25) is 0 Å². The van der Waals surface area contributed by atoms with Crippen LogP contribution in [0.15, 0.2) is 36.4 Å². The minimum Gasteiger partial charge on any atom is -0.493 e. The molecule has 0 aliphatic heterocycles. The van der Waals surface area contributed by atoms with Crippen molar-refractivity contribution in [3.05, 3.63) is 47.5 Å². The standard InChI is InChI=1S/C19H23NO4/c1-5-13-9-7-10-14(6-2)17(13)20-19(21)24-18-15(22-3)11-8-12-16(18)23-4/h7-12H,5-6H2,1-4H3,(H,20,21). The molecule has 0 aromatic heterocycles. The van der Waals surface area contributed by atoms with Crippen LogP contribution in [-0.2, 0) is 12.8 Å². The number of aryl methyl sites for hydroxylation is 2. The summed E-state index contributed by atoms with van der Waals surface area (Å²) >= 11 is 0. The van der Waals surface area contributed by atoms with E-state index in [9.17, 15) is 4.79 Å². The summed E-state index contributed by atoms with van der Waals surface area (Å²) in [5, 5.41) is 2.86. The third kappa shape index (κ3) is 3.79. The smallest absolute Gasteiger partial charge is 0.417 e. The van der Waals surface area contributed by atoms with Crippen LogP contribution in [0.1, 0.15) is 25.0 Å². The van der Waals surface area contributed by atoms with Crippen molar-refractivity contribution in [1.29, 1.82) is 0 Å². The van der Waals surface area contributed by atoms with Gasteiger partial charge in [-0.15, -0.1) is 0 Å². The highest BCUT2D eigenvalue weighted by atomic mass is 16.6. The van der Waals surface area contributed by atoms with E-state index in [1.165, 1.54) is 14.2 Å². The highest BCUT2D eigenvalue weighted by Gasteiger charge is 2.17. The lowest BCUT2D eigenvalue weighted by molar-refractivity contribution is 0.210. The average Bonchev–Trinajstić information content (AvgIpc) is 2.61. The second-order valence-corrected chi connectivity index (χ2v) is 5.16. The molecular formula is C19H23NO4. The first-order chi connectivity index (χ1) is 11.6. The molecule has 0 heterocycles. The monoisotopic (exact) mass is 329 g/mol. The first kappa shape index (κ1) is 17.7. The number of anilines is 1. The number of carbonyl (C=O) groups is 1. The number of nitrogens with one attached hydrogen (secondary N) is 1. The summed E-state index contributed by atoms with van der Waals surface area (Å²) in [7, 11) is 3.03. The van der Waals surface area contributed by atoms with Gasteiger partial charge in [-0.1, -0.05) is 38.1 Å². The fraction of sp³-hybridized carbons (Fsp3) is 0.316. The Morgan fingerprint density at radius 2 is 1.42 bits per heavy atom. The second kappa shape index (κ2) is 8.24. The van der Waals surface area contributed by atoms with Crippen LogP contribution in [-0.4, -0.2) is 20.3 Å². The maximum absolute atomic E-state index is 12.4. The molecule has 0 unspecified atom stereocenters. The largest absolute Gasteiger partial charge is 0.493 e. The van der Waals surface area contributed by atoms with Gasteiger partial charge in [-0.2, -0.15) is 0 Å². The quantitative estimate of drug-likeness (QED) is 0.851. The van der Waals surface area contributed by atoms with Crippen molar-refractivity contribution < 1.29 is 19.0 Å². The van der Waals surface area contributed by atoms with E-state index in [0.29, 0.717) is 11.5 Å². The first-order valence-electron chi connectivity index (χ1n) is 7.95. The van der Waals surface area contributed by atoms with Crippen LogP contribution in [0, 0.1) is 0 Å². The predicted molar refractivity (Wildman–Crippen MR) is 94.4 cm³/mol. The van der Waals surface area contributed by atoms with Crippen molar-refractivity contribution in [2.75, 3.05) is 19.5 Å². The fourth-order valence-corrected chi connectivity index (χ4v) is 2.54. The van der Waals surface area contributed by atoms with Crippen LogP contribution in [0.4, 0.5) is 10.5 Å². The van der Waals surface area contributed by atoms with Crippen molar-refractivity contribution in [2.24, 2.45) is 0 Å². The number of benzene rings is 2. The Hall–Kier alpha value is -2.69. The van der Waals surface area contributed by atoms with Crippen molar-refractivity contribution in [3.63, 3.8) is 0 Å². The molecule has 2 aromatic rings. The lowest BCUT2D eigenvalue weighted by atomic mass is 10.0. The molecule has 0 saturated heterocycles. The Balaban J connectivity index is 2.27. The molecule has 24 heavy (non-hydrogen) atoms. The molecule has 0 atom stereocenters. The molecule has 1 N–H and O–H groups in total. The summed E-state index contributed by atoms with van der Waals surface area (Å²) in [6, 6.07) is 11.2. The number of hydrogen-bond donors (Lipinski definition) is 1. The number of amides is 1. The molecule has 0 radical (unpaired) electrons. The molecule has 2 aromatic carbocycles. The van der Waals surface area contributed by atoms with Gasteiger partial charge in [0.25, 0.3) is 0 Å². The first-order valence-corrected chi connectivity index (χ1v) is 7.95. The summed E-state index contributed by atoms with van der Waals surface area (Å²) in [6.45, 7) is 4.10. The van der Waals surface area contributed by atoms with E-state index in [1.807, 2.05) is 18.2 Å². The molecule has 0 saturated carbocycles. The van der Waals surface area contributed by atoms with Crippen LogP contribution >= 0.6 is 0 Å². The highest BCUT2D eigenvalue weighted by molar-refractivity contribution is 5.89. The van der Waals surface area contributed by atoms with Crippen molar-refractivity contribution in [2.45, 2.75) is 26.7 Å². The Labute approximate surface area is 142 Å². The minimum atomic E-state index is -0.576. The van der Waals surface area contributed by atoms with Crippen molar-refractivity contribution in [3.8, 4) is 17.2 Å². The lowest BCUT2D eigenvalue weighted by Crippen LogP contribution is -2.19. The van der Waals surface area contributed by atoms with Gasteiger partial charge in [-0.05, 0) is 36.1 Å². The van der Waals surface area contributed by atoms with Gasteiger partial charge in [-0.25, -0.2) is 4.79 Å². The molecule has 0 fully saturated rings. The summed E-state index contributed by atoms with van der Waals surface area (Å²) < 4.78 is 15.9. The van der Waals surface area contributed by atoms with E-state index in [2.05, 4.69) is 19.2 Å². The molecule has 0 aliphatic carbocycles. The van der Waals surface area contributed by atoms with E-state index < -0.39 is 6.09 Å². The van der Waals surface area contributed by atoms with Crippen LogP contribution in [0.5, 0.6) is 17.2 Å². The molecule has 0 aliphatic rings. The zero-order valence-corrected chi connectivity index (χ0v) is 14.5. The molecule has 5 heteroatoms. The molecule has 2 rings (SSSR count). The fourth-order valence-electron chi connectivity index (χ4n) is 2.54. The van der Waals surface area contributed by atoms with Gasteiger partial charge in [0, 0.05) is 0 Å². The average molecular weight is 329 g/mol. The number of rotatable bonds is 6. The minimum absolute atomic E-state index is 0.257.